The summed E-state index contributed by atoms with van der Waals surface area (Å²) in [5, 5.41) is 1.54. The van der Waals surface area contributed by atoms with E-state index in [0.29, 0.717) is 10.7 Å². The van der Waals surface area contributed by atoms with Gasteiger partial charge < -0.3 is 0 Å². The Morgan fingerprint density at radius 2 is 2.15 bits per heavy atom. The summed E-state index contributed by atoms with van der Waals surface area (Å²) >= 11 is 9.36. The number of pyridine rings is 2. The Morgan fingerprint density at radius 3 is 2.92 bits per heavy atom. The molecule has 0 amide bonds. The maximum atomic E-state index is 6.05. The molecule has 2 aromatic heterocycles. The van der Waals surface area contributed by atoms with Gasteiger partial charge in [-0.05, 0) is 35.0 Å². The van der Waals surface area contributed by atoms with Gasteiger partial charge in [-0.3, -0.25) is 0 Å². The van der Waals surface area contributed by atoms with Crippen LogP contribution in [0, 0.1) is 6.92 Å². The molecule has 0 aromatic carbocycles. The third kappa shape index (κ3) is 1.54. The second-order valence-electron chi connectivity index (χ2n) is 2.74. The molecule has 0 fully saturated rings. The Morgan fingerprint density at radius 1 is 1.38 bits per heavy atom. The van der Waals surface area contributed by atoms with Gasteiger partial charge in [-0.2, -0.15) is 0 Å². The quantitative estimate of drug-likeness (QED) is 0.723. The maximum Gasteiger partial charge on any atom is 0.160 e. The summed E-state index contributed by atoms with van der Waals surface area (Å²) in [4.78, 5) is 8.42. The Balaban J connectivity index is 2.87. The third-order valence-electron chi connectivity index (χ3n) is 1.76. The molecule has 2 aromatic rings. The summed E-state index contributed by atoms with van der Waals surface area (Å²) in [6, 6.07) is 3.85. The number of hydrogen-bond donors (Lipinski definition) is 0. The Labute approximate surface area is 89.1 Å². The normalized spacial score (nSPS) is 10.7. The maximum absolute atomic E-state index is 6.05. The highest BCUT2D eigenvalue weighted by atomic mass is 79.9. The number of rotatable bonds is 0. The minimum Gasteiger partial charge on any atom is -0.235 e. The molecule has 2 heterocycles. The van der Waals surface area contributed by atoms with E-state index in [9.17, 15) is 0 Å². The van der Waals surface area contributed by atoms with Crippen LogP contribution in [0.5, 0.6) is 0 Å². The topological polar surface area (TPSA) is 25.8 Å². The van der Waals surface area contributed by atoms with Crippen LogP contribution in [-0.2, 0) is 0 Å². The molecule has 0 aliphatic carbocycles. The zero-order chi connectivity index (χ0) is 9.42. The summed E-state index contributed by atoms with van der Waals surface area (Å²) in [6.07, 6.45) is 1.66. The molecular formula is C9H6BrClN2. The molecule has 13 heavy (non-hydrogen) atoms. The van der Waals surface area contributed by atoms with Crippen LogP contribution >= 0.6 is 27.5 Å². The van der Waals surface area contributed by atoms with E-state index < -0.39 is 0 Å². The summed E-state index contributed by atoms with van der Waals surface area (Å²) < 4.78 is 0.798. The minimum absolute atomic E-state index is 0.664. The zero-order valence-electron chi connectivity index (χ0n) is 6.88. The average Bonchev–Trinajstić information content (AvgIpc) is 2.12. The van der Waals surface area contributed by atoms with Crippen molar-refractivity contribution in [2.75, 3.05) is 0 Å². The molecule has 2 nitrogen and oxygen atoms in total. The fourth-order valence-electron chi connectivity index (χ4n) is 1.12. The zero-order valence-corrected chi connectivity index (χ0v) is 9.22. The van der Waals surface area contributed by atoms with Crippen LogP contribution in [0.2, 0.25) is 5.02 Å². The van der Waals surface area contributed by atoms with Crippen molar-refractivity contribution in [1.82, 2.24) is 9.97 Å². The van der Waals surface area contributed by atoms with Crippen molar-refractivity contribution >= 4 is 38.6 Å². The standard InChI is InChI=1S/C9H6BrClN2/c1-5-2-3-6-8(11)7(10)4-12-9(6)13-5/h2-4H,1H3. The highest BCUT2D eigenvalue weighted by Gasteiger charge is 2.04. The van der Waals surface area contributed by atoms with Gasteiger partial charge in [0.1, 0.15) is 0 Å². The molecular weight excluding hydrogens is 251 g/mol. The van der Waals surface area contributed by atoms with Gasteiger partial charge in [-0.1, -0.05) is 11.6 Å². The largest absolute Gasteiger partial charge is 0.235 e. The van der Waals surface area contributed by atoms with Crippen LogP contribution in [0.25, 0.3) is 11.0 Å². The number of aryl methyl sites for hydroxylation is 1. The molecule has 0 saturated carbocycles. The molecule has 0 aliphatic heterocycles. The first-order valence-corrected chi connectivity index (χ1v) is 4.93. The highest BCUT2D eigenvalue weighted by molar-refractivity contribution is 9.10. The molecule has 2 rings (SSSR count). The number of fused-ring (bicyclic) bond motifs is 1. The second kappa shape index (κ2) is 3.24. The van der Waals surface area contributed by atoms with E-state index >= 15 is 0 Å². The van der Waals surface area contributed by atoms with Crippen LogP contribution in [-0.4, -0.2) is 9.97 Å². The van der Waals surface area contributed by atoms with Crippen LogP contribution in [0.15, 0.2) is 22.8 Å². The van der Waals surface area contributed by atoms with Crippen LogP contribution in [0.3, 0.4) is 0 Å². The van der Waals surface area contributed by atoms with Crippen molar-refractivity contribution in [2.45, 2.75) is 6.92 Å². The minimum atomic E-state index is 0.664. The summed E-state index contributed by atoms with van der Waals surface area (Å²) in [6.45, 7) is 1.93. The first-order valence-electron chi connectivity index (χ1n) is 3.76. The van der Waals surface area contributed by atoms with Gasteiger partial charge in [-0.25, -0.2) is 9.97 Å². The first-order chi connectivity index (χ1) is 6.18. The van der Waals surface area contributed by atoms with E-state index in [2.05, 4.69) is 25.9 Å². The van der Waals surface area contributed by atoms with Crippen molar-refractivity contribution in [2.24, 2.45) is 0 Å². The smallest absolute Gasteiger partial charge is 0.160 e. The van der Waals surface area contributed by atoms with Crippen molar-refractivity contribution in [1.29, 1.82) is 0 Å². The van der Waals surface area contributed by atoms with E-state index in [1.54, 1.807) is 6.20 Å². The lowest BCUT2D eigenvalue weighted by Crippen LogP contribution is -1.87. The monoisotopic (exact) mass is 256 g/mol. The lowest BCUT2D eigenvalue weighted by atomic mass is 10.2. The van der Waals surface area contributed by atoms with Crippen LogP contribution in [0.1, 0.15) is 5.69 Å². The molecule has 0 aliphatic rings. The molecule has 0 N–H and O–H groups in total. The first kappa shape index (κ1) is 8.91. The molecule has 0 bridgehead atoms. The van der Waals surface area contributed by atoms with E-state index in [4.69, 9.17) is 11.6 Å². The predicted molar refractivity (Wildman–Crippen MR) is 57.0 cm³/mol. The van der Waals surface area contributed by atoms with Gasteiger partial charge in [0.05, 0.1) is 9.50 Å². The predicted octanol–water partition coefficient (Wildman–Crippen LogP) is 3.35. The van der Waals surface area contributed by atoms with Gasteiger partial charge in [0.25, 0.3) is 0 Å². The second-order valence-corrected chi connectivity index (χ2v) is 3.98. The third-order valence-corrected chi connectivity index (χ3v) is 3.00. The number of nitrogens with zero attached hydrogens (tertiary/aromatic N) is 2. The SMILES string of the molecule is Cc1ccc2c(Cl)c(Br)cnc2n1. The van der Waals surface area contributed by atoms with Gasteiger partial charge >= 0.3 is 0 Å². The van der Waals surface area contributed by atoms with Gasteiger partial charge in [0.15, 0.2) is 5.65 Å². The van der Waals surface area contributed by atoms with Crippen molar-refractivity contribution in [3.8, 4) is 0 Å². The fourth-order valence-corrected chi connectivity index (χ4v) is 1.63. The van der Waals surface area contributed by atoms with Gasteiger partial charge in [-0.15, -0.1) is 0 Å². The summed E-state index contributed by atoms with van der Waals surface area (Å²) in [5.41, 5.74) is 1.63. The molecule has 0 saturated heterocycles. The average molecular weight is 258 g/mol. The van der Waals surface area contributed by atoms with E-state index in [0.717, 1.165) is 15.6 Å². The number of hydrogen-bond acceptors (Lipinski definition) is 2. The van der Waals surface area contributed by atoms with Crippen molar-refractivity contribution in [3.05, 3.63) is 33.5 Å². The van der Waals surface area contributed by atoms with Crippen molar-refractivity contribution in [3.63, 3.8) is 0 Å². The fraction of sp³-hybridized carbons (Fsp3) is 0.111. The molecule has 4 heteroatoms. The van der Waals surface area contributed by atoms with Crippen LogP contribution < -0.4 is 0 Å². The molecule has 0 radical (unpaired) electrons. The van der Waals surface area contributed by atoms with E-state index in [-0.39, 0.29) is 0 Å². The highest BCUT2D eigenvalue weighted by Crippen LogP contribution is 2.28. The van der Waals surface area contributed by atoms with Gasteiger partial charge in [0, 0.05) is 17.3 Å². The Bertz CT molecular complexity index is 470. The van der Waals surface area contributed by atoms with E-state index in [1.807, 2.05) is 19.1 Å². The van der Waals surface area contributed by atoms with Gasteiger partial charge in [0.2, 0.25) is 0 Å². The molecule has 0 unspecified atom stereocenters. The lowest BCUT2D eigenvalue weighted by Gasteiger charge is -2.01. The van der Waals surface area contributed by atoms with Crippen LogP contribution in [0.4, 0.5) is 0 Å². The lowest BCUT2D eigenvalue weighted by molar-refractivity contribution is 1.20. The summed E-state index contributed by atoms with van der Waals surface area (Å²) in [7, 11) is 0. The number of halogens is 2. The van der Waals surface area contributed by atoms with E-state index in [1.165, 1.54) is 0 Å². The Kier molecular flexibility index (Phi) is 2.22. The Hall–Kier alpha value is -0.670. The van der Waals surface area contributed by atoms with Crippen molar-refractivity contribution < 1.29 is 0 Å². The molecule has 0 atom stereocenters. The summed E-state index contributed by atoms with van der Waals surface area (Å²) in [5.74, 6) is 0. The molecule has 66 valence electrons. The number of aromatic nitrogens is 2. The molecule has 0 spiro atoms.